The van der Waals surface area contributed by atoms with Crippen molar-refractivity contribution in [2.75, 3.05) is 50.2 Å². The Morgan fingerprint density at radius 3 is 2.41 bits per heavy atom. The molecule has 7 nitrogen and oxygen atoms in total. The summed E-state index contributed by atoms with van der Waals surface area (Å²) < 4.78 is 46.7. The number of ether oxygens (including phenoxy) is 1. The Hall–Kier alpha value is -2.49. The number of benzene rings is 2. The van der Waals surface area contributed by atoms with Crippen molar-refractivity contribution in [3.63, 3.8) is 0 Å². The third-order valence-electron chi connectivity index (χ3n) is 4.59. The lowest BCUT2D eigenvalue weighted by Gasteiger charge is -2.27. The minimum absolute atomic E-state index is 0.00984. The fraction of sp³-hybridized carbons (Fsp3) is 0.350. The molecule has 1 N–H and O–H groups in total. The number of para-hydroxylation sites is 1. The zero-order valence-corrected chi connectivity index (χ0v) is 16.8. The largest absolute Gasteiger partial charge is 0.379 e. The summed E-state index contributed by atoms with van der Waals surface area (Å²) in [4.78, 5) is 14.6. The maximum Gasteiger partial charge on any atom is 0.264 e. The molecule has 2 aromatic carbocycles. The lowest BCUT2D eigenvalue weighted by Crippen LogP contribution is -2.45. The molecule has 29 heavy (non-hydrogen) atoms. The van der Waals surface area contributed by atoms with Crippen LogP contribution in [0.2, 0.25) is 0 Å². The predicted octanol–water partition coefficient (Wildman–Crippen LogP) is 1.47. The fourth-order valence-corrected chi connectivity index (χ4v) is 4.49. The summed E-state index contributed by atoms with van der Waals surface area (Å²) in [6, 6.07) is 13.2. The number of anilines is 1. The van der Waals surface area contributed by atoms with Gasteiger partial charge in [-0.3, -0.25) is 14.0 Å². The Kier molecular flexibility index (Phi) is 7.18. The van der Waals surface area contributed by atoms with E-state index in [9.17, 15) is 17.6 Å². The molecule has 1 aliphatic rings. The van der Waals surface area contributed by atoms with Gasteiger partial charge in [-0.15, -0.1) is 0 Å². The number of nitrogens with zero attached hydrogens (tertiary/aromatic N) is 2. The smallest absolute Gasteiger partial charge is 0.264 e. The van der Waals surface area contributed by atoms with Gasteiger partial charge in [-0.25, -0.2) is 12.8 Å². The number of halogens is 1. The number of hydrogen-bond acceptors (Lipinski definition) is 5. The summed E-state index contributed by atoms with van der Waals surface area (Å²) in [6.45, 7) is 3.39. The first kappa shape index (κ1) is 21.2. The summed E-state index contributed by atoms with van der Waals surface area (Å²) in [5, 5.41) is 2.72. The summed E-state index contributed by atoms with van der Waals surface area (Å²) in [6.07, 6.45) is 0. The number of sulfonamides is 1. The second-order valence-electron chi connectivity index (χ2n) is 6.58. The van der Waals surface area contributed by atoms with Crippen molar-refractivity contribution in [2.45, 2.75) is 4.90 Å². The van der Waals surface area contributed by atoms with Crippen molar-refractivity contribution in [2.24, 2.45) is 0 Å². The Morgan fingerprint density at radius 2 is 1.72 bits per heavy atom. The van der Waals surface area contributed by atoms with Crippen molar-refractivity contribution in [1.29, 1.82) is 0 Å². The summed E-state index contributed by atoms with van der Waals surface area (Å²) in [5.41, 5.74) is -0.167. The van der Waals surface area contributed by atoms with Crippen LogP contribution in [-0.2, 0) is 19.6 Å². The van der Waals surface area contributed by atoms with Gasteiger partial charge in [-0.1, -0.05) is 30.3 Å². The van der Waals surface area contributed by atoms with Gasteiger partial charge in [-0.05, 0) is 24.3 Å². The van der Waals surface area contributed by atoms with Gasteiger partial charge in [0.25, 0.3) is 10.0 Å². The predicted molar refractivity (Wildman–Crippen MR) is 108 cm³/mol. The topological polar surface area (TPSA) is 79.0 Å². The number of carbonyl (C=O) groups excluding carboxylic acids is 1. The molecule has 0 atom stereocenters. The van der Waals surface area contributed by atoms with Crippen molar-refractivity contribution < 1.29 is 22.3 Å². The highest BCUT2D eigenvalue weighted by Gasteiger charge is 2.28. The van der Waals surface area contributed by atoms with Gasteiger partial charge in [-0.2, -0.15) is 0 Å². The molecular formula is C20H24FN3O4S. The van der Waals surface area contributed by atoms with E-state index in [0.717, 1.165) is 17.4 Å². The Bertz CT molecular complexity index is 918. The normalized spacial score (nSPS) is 15.1. The minimum atomic E-state index is -4.11. The van der Waals surface area contributed by atoms with Crippen molar-refractivity contribution in [3.8, 4) is 0 Å². The molecule has 0 aliphatic carbocycles. The highest BCUT2D eigenvalue weighted by molar-refractivity contribution is 7.92. The maximum atomic E-state index is 14.4. The van der Waals surface area contributed by atoms with E-state index >= 15 is 0 Å². The maximum absolute atomic E-state index is 14.4. The molecule has 2 aromatic rings. The molecule has 0 unspecified atom stereocenters. The number of amides is 1. The molecule has 0 aromatic heterocycles. The van der Waals surface area contributed by atoms with Gasteiger partial charge >= 0.3 is 0 Å². The van der Waals surface area contributed by atoms with E-state index in [2.05, 4.69) is 10.2 Å². The zero-order valence-electron chi connectivity index (χ0n) is 16.0. The van der Waals surface area contributed by atoms with Gasteiger partial charge < -0.3 is 10.1 Å². The quantitative estimate of drug-likeness (QED) is 0.698. The molecule has 0 bridgehead atoms. The van der Waals surface area contributed by atoms with Crippen LogP contribution < -0.4 is 9.62 Å². The third-order valence-corrected chi connectivity index (χ3v) is 6.37. The lowest BCUT2D eigenvalue weighted by molar-refractivity contribution is -0.119. The van der Waals surface area contributed by atoms with Gasteiger partial charge in [0.1, 0.15) is 12.4 Å². The van der Waals surface area contributed by atoms with Crippen LogP contribution in [0.4, 0.5) is 10.1 Å². The molecule has 0 radical (unpaired) electrons. The molecule has 3 rings (SSSR count). The average molecular weight is 421 g/mol. The Morgan fingerprint density at radius 1 is 1.07 bits per heavy atom. The molecule has 156 valence electrons. The van der Waals surface area contributed by atoms with Crippen LogP contribution in [0.15, 0.2) is 59.5 Å². The van der Waals surface area contributed by atoms with Crippen molar-refractivity contribution in [3.05, 3.63) is 60.4 Å². The van der Waals surface area contributed by atoms with E-state index in [1.807, 2.05) is 0 Å². The number of nitrogens with one attached hydrogen (secondary N) is 1. The monoisotopic (exact) mass is 421 g/mol. The van der Waals surface area contributed by atoms with Crippen LogP contribution in [0.25, 0.3) is 0 Å². The summed E-state index contributed by atoms with van der Waals surface area (Å²) >= 11 is 0. The Labute approximate surface area is 170 Å². The van der Waals surface area contributed by atoms with Gasteiger partial charge in [0, 0.05) is 26.2 Å². The first-order chi connectivity index (χ1) is 14.0. The molecule has 9 heteroatoms. The van der Waals surface area contributed by atoms with Crippen LogP contribution in [0, 0.1) is 5.82 Å². The first-order valence-corrected chi connectivity index (χ1v) is 10.8. The second-order valence-corrected chi connectivity index (χ2v) is 8.44. The van der Waals surface area contributed by atoms with Crippen LogP contribution in [0.3, 0.4) is 0 Å². The standard InChI is InChI=1S/C20H24FN3O4S/c21-18-8-4-5-9-19(18)24(29(26,27)17-6-2-1-3-7-17)16-20(25)22-10-11-23-12-14-28-15-13-23/h1-9H,10-16H2,(H,22,25). The number of carbonyl (C=O) groups is 1. The number of morpholine rings is 1. The number of rotatable bonds is 8. The molecule has 1 aliphatic heterocycles. The third kappa shape index (κ3) is 5.53. The van der Waals surface area contributed by atoms with E-state index in [0.29, 0.717) is 26.3 Å². The summed E-state index contributed by atoms with van der Waals surface area (Å²) in [5.74, 6) is -1.21. The molecule has 0 saturated carbocycles. The SMILES string of the molecule is O=C(CN(c1ccccc1F)S(=O)(=O)c1ccccc1)NCCN1CCOCC1. The zero-order chi connectivity index (χ0) is 20.7. The van der Waals surface area contributed by atoms with Gasteiger partial charge in [0.05, 0.1) is 23.8 Å². The molecule has 1 heterocycles. The van der Waals surface area contributed by atoms with Crippen LogP contribution in [0.1, 0.15) is 0 Å². The van der Waals surface area contributed by atoms with E-state index in [1.165, 1.54) is 36.4 Å². The van der Waals surface area contributed by atoms with Gasteiger partial charge in [0.2, 0.25) is 5.91 Å². The minimum Gasteiger partial charge on any atom is -0.379 e. The fourth-order valence-electron chi connectivity index (χ4n) is 3.04. The lowest BCUT2D eigenvalue weighted by atomic mass is 10.3. The summed E-state index contributed by atoms with van der Waals surface area (Å²) in [7, 11) is -4.11. The van der Waals surface area contributed by atoms with Crippen LogP contribution in [-0.4, -0.2) is 65.2 Å². The Balaban J connectivity index is 1.73. The number of hydrogen-bond donors (Lipinski definition) is 1. The van der Waals surface area contributed by atoms with Crippen molar-refractivity contribution >= 4 is 21.6 Å². The van der Waals surface area contributed by atoms with E-state index in [4.69, 9.17) is 4.74 Å². The molecular weight excluding hydrogens is 397 g/mol. The van der Waals surface area contributed by atoms with Crippen LogP contribution >= 0.6 is 0 Å². The van der Waals surface area contributed by atoms with Crippen LogP contribution in [0.5, 0.6) is 0 Å². The molecule has 1 amide bonds. The van der Waals surface area contributed by atoms with Gasteiger partial charge in [0.15, 0.2) is 0 Å². The van der Waals surface area contributed by atoms with E-state index in [-0.39, 0.29) is 10.6 Å². The van der Waals surface area contributed by atoms with E-state index < -0.39 is 28.3 Å². The second kappa shape index (κ2) is 9.82. The van der Waals surface area contributed by atoms with Crippen molar-refractivity contribution in [1.82, 2.24) is 10.2 Å². The first-order valence-electron chi connectivity index (χ1n) is 9.37. The average Bonchev–Trinajstić information content (AvgIpc) is 2.74. The highest BCUT2D eigenvalue weighted by Crippen LogP contribution is 2.25. The molecule has 1 fully saturated rings. The molecule has 1 saturated heterocycles. The molecule has 0 spiro atoms. The van der Waals surface area contributed by atoms with E-state index in [1.54, 1.807) is 18.2 Å². The highest BCUT2D eigenvalue weighted by atomic mass is 32.2.